The van der Waals surface area contributed by atoms with Crippen molar-refractivity contribution in [2.24, 2.45) is 0 Å². The van der Waals surface area contributed by atoms with E-state index in [-0.39, 0.29) is 12.6 Å². The first-order chi connectivity index (χ1) is 8.40. The van der Waals surface area contributed by atoms with Crippen molar-refractivity contribution in [3.63, 3.8) is 0 Å². The van der Waals surface area contributed by atoms with E-state index in [2.05, 4.69) is 39.8 Å². The second kappa shape index (κ2) is 4.74. The average Bonchev–Trinajstić information content (AvgIpc) is 2.82. The van der Waals surface area contributed by atoms with E-state index >= 15 is 0 Å². The van der Waals surface area contributed by atoms with E-state index in [9.17, 15) is 5.11 Å². The lowest BCUT2D eigenvalue weighted by Crippen LogP contribution is -2.56. The fraction of sp³-hybridized carbons (Fsp3) is 0.462. The predicted octanol–water partition coefficient (Wildman–Crippen LogP) is -0.107. The molecule has 1 fully saturated rings. The maximum absolute atomic E-state index is 9.45. The van der Waals surface area contributed by atoms with Crippen molar-refractivity contribution in [1.29, 1.82) is 0 Å². The van der Waals surface area contributed by atoms with Gasteiger partial charge in [-0.05, 0) is 11.1 Å². The van der Waals surface area contributed by atoms with Crippen LogP contribution in [0.2, 0.25) is 0 Å². The Morgan fingerprint density at radius 2 is 2.24 bits per heavy atom. The molecule has 3 rings (SSSR count). The smallest absolute Gasteiger partial charge is 0.136 e. The van der Waals surface area contributed by atoms with E-state index in [0.717, 1.165) is 26.2 Å². The van der Waals surface area contributed by atoms with Crippen molar-refractivity contribution in [2.75, 3.05) is 26.2 Å². The zero-order chi connectivity index (χ0) is 11.7. The number of nitrogens with one attached hydrogen (secondary N) is 2. The van der Waals surface area contributed by atoms with Gasteiger partial charge in [0.05, 0.1) is 6.61 Å². The lowest BCUT2D eigenvalue weighted by Gasteiger charge is -2.38. The molecule has 0 aromatic heterocycles. The Bertz CT molecular complexity index is 396. The first kappa shape index (κ1) is 11.2. The Kier molecular flexibility index (Phi) is 3.11. The number of nitrogens with zero attached hydrogens (tertiary/aromatic N) is 1. The van der Waals surface area contributed by atoms with Gasteiger partial charge in [-0.25, -0.2) is 0 Å². The zero-order valence-corrected chi connectivity index (χ0v) is 9.82. The maximum atomic E-state index is 9.45. The minimum absolute atomic E-state index is 0.178. The number of fused-ring (bicyclic) bond motifs is 1. The summed E-state index contributed by atoms with van der Waals surface area (Å²) in [7, 11) is 0. The third-order valence-electron chi connectivity index (χ3n) is 3.57. The Labute approximate surface area is 102 Å². The average molecular weight is 232 g/mol. The summed E-state index contributed by atoms with van der Waals surface area (Å²) in [6.45, 7) is 3.86. The molecule has 1 aromatic carbocycles. The summed E-state index contributed by atoms with van der Waals surface area (Å²) in [4.78, 5) is 2.29. The summed E-state index contributed by atoms with van der Waals surface area (Å²) in [5, 5.41) is 16.2. The van der Waals surface area contributed by atoms with Gasteiger partial charge in [0, 0.05) is 32.2 Å². The molecule has 1 atom stereocenters. The number of rotatable bonds is 2. The standard InChI is InChI=1S/C13H18N3O/c17-9-11-8-14-5-6-16(11)13-12-4-2-1-3-10(12)7-15-13/h1-4,11,14-15,17H,5-9H2. The lowest BCUT2D eigenvalue weighted by atomic mass is 10.1. The summed E-state index contributed by atoms with van der Waals surface area (Å²) >= 11 is 0. The fourth-order valence-corrected chi connectivity index (χ4v) is 2.65. The summed E-state index contributed by atoms with van der Waals surface area (Å²) in [6, 6.07) is 8.64. The van der Waals surface area contributed by atoms with E-state index in [4.69, 9.17) is 0 Å². The summed E-state index contributed by atoms with van der Waals surface area (Å²) in [6.07, 6.45) is 1.18. The largest absolute Gasteiger partial charge is 0.395 e. The molecule has 1 unspecified atom stereocenters. The van der Waals surface area contributed by atoms with Crippen molar-refractivity contribution in [3.05, 3.63) is 41.6 Å². The molecule has 3 N–H and O–H groups in total. The normalized spacial score (nSPS) is 26.1. The minimum Gasteiger partial charge on any atom is -0.395 e. The van der Waals surface area contributed by atoms with Crippen LogP contribution in [0.5, 0.6) is 0 Å². The molecular weight excluding hydrogens is 214 g/mol. The van der Waals surface area contributed by atoms with Gasteiger partial charge in [0.15, 0.2) is 0 Å². The highest BCUT2D eigenvalue weighted by Gasteiger charge is 2.33. The van der Waals surface area contributed by atoms with Gasteiger partial charge in [-0.2, -0.15) is 0 Å². The zero-order valence-electron chi connectivity index (χ0n) is 9.82. The SMILES string of the molecule is OCC1CNCCN1[C]1NCc2ccccc21. The molecule has 1 radical (unpaired) electrons. The lowest BCUT2D eigenvalue weighted by molar-refractivity contribution is 0.105. The van der Waals surface area contributed by atoms with Crippen molar-refractivity contribution in [3.8, 4) is 0 Å². The second-order valence-electron chi connectivity index (χ2n) is 4.59. The Morgan fingerprint density at radius 1 is 1.35 bits per heavy atom. The molecule has 2 heterocycles. The maximum Gasteiger partial charge on any atom is 0.136 e. The van der Waals surface area contributed by atoms with Crippen LogP contribution in [0.3, 0.4) is 0 Å². The van der Waals surface area contributed by atoms with Crippen LogP contribution in [-0.4, -0.2) is 42.3 Å². The van der Waals surface area contributed by atoms with E-state index in [1.165, 1.54) is 17.3 Å². The van der Waals surface area contributed by atoms with Crippen LogP contribution in [0.1, 0.15) is 11.1 Å². The molecule has 0 aliphatic carbocycles. The van der Waals surface area contributed by atoms with Gasteiger partial charge < -0.3 is 10.4 Å². The van der Waals surface area contributed by atoms with Crippen LogP contribution in [0, 0.1) is 6.17 Å². The van der Waals surface area contributed by atoms with Crippen LogP contribution in [-0.2, 0) is 6.54 Å². The molecule has 0 amide bonds. The van der Waals surface area contributed by atoms with Gasteiger partial charge in [-0.15, -0.1) is 0 Å². The molecule has 1 aromatic rings. The van der Waals surface area contributed by atoms with Crippen LogP contribution in [0.15, 0.2) is 24.3 Å². The summed E-state index contributed by atoms with van der Waals surface area (Å²) in [5.74, 6) is 0. The van der Waals surface area contributed by atoms with E-state index < -0.39 is 0 Å². The van der Waals surface area contributed by atoms with Crippen LogP contribution in [0.25, 0.3) is 0 Å². The monoisotopic (exact) mass is 232 g/mol. The molecule has 4 nitrogen and oxygen atoms in total. The van der Waals surface area contributed by atoms with E-state index in [1.807, 2.05) is 0 Å². The molecule has 2 aliphatic rings. The molecule has 2 aliphatic heterocycles. The Morgan fingerprint density at radius 3 is 3.12 bits per heavy atom. The Balaban J connectivity index is 1.85. The third-order valence-corrected chi connectivity index (χ3v) is 3.57. The van der Waals surface area contributed by atoms with Crippen molar-refractivity contribution in [2.45, 2.75) is 12.6 Å². The molecule has 1 saturated heterocycles. The highest BCUT2D eigenvalue weighted by Crippen LogP contribution is 2.28. The number of benzene rings is 1. The van der Waals surface area contributed by atoms with Crippen molar-refractivity contribution < 1.29 is 5.11 Å². The number of piperazine rings is 1. The number of aliphatic hydroxyl groups excluding tert-OH is 1. The highest BCUT2D eigenvalue weighted by atomic mass is 16.3. The van der Waals surface area contributed by atoms with Gasteiger partial charge in [0.25, 0.3) is 0 Å². The van der Waals surface area contributed by atoms with Gasteiger partial charge in [-0.1, -0.05) is 24.3 Å². The van der Waals surface area contributed by atoms with E-state index in [1.54, 1.807) is 0 Å². The topological polar surface area (TPSA) is 47.5 Å². The molecule has 17 heavy (non-hydrogen) atoms. The van der Waals surface area contributed by atoms with Crippen LogP contribution in [0.4, 0.5) is 0 Å². The first-order valence-corrected chi connectivity index (χ1v) is 6.17. The van der Waals surface area contributed by atoms with E-state index in [0.29, 0.717) is 0 Å². The molecule has 0 saturated carbocycles. The van der Waals surface area contributed by atoms with Crippen LogP contribution >= 0.6 is 0 Å². The number of aliphatic hydroxyl groups is 1. The molecular formula is C13H18N3O. The molecule has 0 bridgehead atoms. The Hall–Kier alpha value is -0.940. The minimum atomic E-state index is 0.178. The quantitative estimate of drug-likeness (QED) is 0.666. The highest BCUT2D eigenvalue weighted by molar-refractivity contribution is 5.41. The molecule has 4 heteroatoms. The number of hydrogen-bond acceptors (Lipinski definition) is 4. The van der Waals surface area contributed by atoms with Crippen molar-refractivity contribution >= 4 is 0 Å². The third kappa shape index (κ3) is 1.98. The first-order valence-electron chi connectivity index (χ1n) is 6.17. The van der Waals surface area contributed by atoms with Gasteiger partial charge >= 0.3 is 0 Å². The number of hydrogen-bond donors (Lipinski definition) is 3. The van der Waals surface area contributed by atoms with Crippen molar-refractivity contribution in [1.82, 2.24) is 15.5 Å². The van der Waals surface area contributed by atoms with Gasteiger partial charge in [0.2, 0.25) is 0 Å². The molecule has 0 spiro atoms. The molecule has 91 valence electrons. The fourth-order valence-electron chi connectivity index (χ4n) is 2.65. The van der Waals surface area contributed by atoms with Gasteiger partial charge in [0.1, 0.15) is 6.17 Å². The second-order valence-corrected chi connectivity index (χ2v) is 4.59. The van der Waals surface area contributed by atoms with Gasteiger partial charge in [-0.3, -0.25) is 10.2 Å². The predicted molar refractivity (Wildman–Crippen MR) is 66.1 cm³/mol. The van der Waals surface area contributed by atoms with Crippen LogP contribution < -0.4 is 10.6 Å². The summed E-state index contributed by atoms with van der Waals surface area (Å²) < 4.78 is 0. The summed E-state index contributed by atoms with van der Waals surface area (Å²) in [5.41, 5.74) is 2.63.